The lowest BCUT2D eigenvalue weighted by molar-refractivity contribution is 0.100. The molecule has 0 unspecified atom stereocenters. The highest BCUT2D eigenvalue weighted by molar-refractivity contribution is 7.89. The number of sulfonamides is 1. The summed E-state index contributed by atoms with van der Waals surface area (Å²) in [5.41, 5.74) is 7.98. The maximum Gasteiger partial charge on any atom is 0.251 e. The van der Waals surface area contributed by atoms with Gasteiger partial charge in [0, 0.05) is 17.6 Å². The van der Waals surface area contributed by atoms with Crippen molar-refractivity contribution >= 4 is 26.8 Å². The van der Waals surface area contributed by atoms with Crippen LogP contribution in [0.2, 0.25) is 0 Å². The number of carbonyl (C=O) groups excluding carboxylic acids is 1. The van der Waals surface area contributed by atoms with Crippen LogP contribution in [0.4, 0.5) is 4.39 Å². The van der Waals surface area contributed by atoms with Gasteiger partial charge in [-0.1, -0.05) is 19.3 Å². The van der Waals surface area contributed by atoms with Gasteiger partial charge in [-0.05, 0) is 49.6 Å². The van der Waals surface area contributed by atoms with E-state index in [0.29, 0.717) is 22.3 Å². The van der Waals surface area contributed by atoms with Crippen molar-refractivity contribution in [3.8, 4) is 11.4 Å². The molecule has 2 heterocycles. The topological polar surface area (TPSA) is 121 Å². The molecule has 9 heteroatoms. The van der Waals surface area contributed by atoms with Gasteiger partial charge >= 0.3 is 0 Å². The first-order chi connectivity index (χ1) is 14.2. The number of primary sulfonamides is 1. The molecular formula is C21H23FN4O3S. The Labute approximate surface area is 173 Å². The minimum atomic E-state index is -3.91. The highest BCUT2D eigenvalue weighted by Gasteiger charge is 2.29. The van der Waals surface area contributed by atoms with Crippen LogP contribution in [0.15, 0.2) is 35.4 Å². The van der Waals surface area contributed by atoms with Crippen molar-refractivity contribution in [3.63, 3.8) is 0 Å². The lowest BCUT2D eigenvalue weighted by atomic mass is 9.94. The smallest absolute Gasteiger partial charge is 0.251 e. The van der Waals surface area contributed by atoms with Gasteiger partial charge in [-0.3, -0.25) is 9.78 Å². The quantitative estimate of drug-likeness (QED) is 0.659. The Bertz CT molecular complexity index is 1240. The number of aromatic nitrogens is 2. The van der Waals surface area contributed by atoms with Crippen LogP contribution >= 0.6 is 0 Å². The Morgan fingerprint density at radius 1 is 1.20 bits per heavy atom. The number of nitrogens with two attached hydrogens (primary N) is 2. The van der Waals surface area contributed by atoms with Crippen molar-refractivity contribution in [2.45, 2.75) is 50.0 Å². The number of carbonyl (C=O) groups is 1. The van der Waals surface area contributed by atoms with E-state index < -0.39 is 21.7 Å². The van der Waals surface area contributed by atoms with Gasteiger partial charge in [0.25, 0.3) is 5.91 Å². The molecule has 2 aromatic heterocycles. The van der Waals surface area contributed by atoms with Gasteiger partial charge in [-0.25, -0.2) is 17.9 Å². The lowest BCUT2D eigenvalue weighted by Gasteiger charge is -2.26. The predicted molar refractivity (Wildman–Crippen MR) is 112 cm³/mol. The van der Waals surface area contributed by atoms with Crippen LogP contribution in [0.5, 0.6) is 0 Å². The molecule has 0 aliphatic heterocycles. The number of primary amides is 1. The highest BCUT2D eigenvalue weighted by Crippen LogP contribution is 2.41. The summed E-state index contributed by atoms with van der Waals surface area (Å²) in [5, 5.41) is 5.61. The summed E-state index contributed by atoms with van der Waals surface area (Å²) in [5.74, 6) is -1.11. The molecule has 4 N–H and O–H groups in total. The molecule has 1 amide bonds. The van der Waals surface area contributed by atoms with Crippen molar-refractivity contribution in [1.82, 2.24) is 9.55 Å². The highest BCUT2D eigenvalue weighted by atomic mass is 32.2. The van der Waals surface area contributed by atoms with Gasteiger partial charge in [0.1, 0.15) is 10.7 Å². The molecule has 1 fully saturated rings. The fourth-order valence-corrected chi connectivity index (χ4v) is 4.80. The normalized spacial score (nSPS) is 15.6. The summed E-state index contributed by atoms with van der Waals surface area (Å²) in [4.78, 5) is 16.6. The Morgan fingerprint density at radius 3 is 2.47 bits per heavy atom. The fourth-order valence-electron chi connectivity index (χ4n) is 4.34. The molecule has 1 aromatic carbocycles. The second-order valence-corrected chi connectivity index (χ2v) is 9.35. The molecule has 3 aromatic rings. The molecule has 0 spiro atoms. The lowest BCUT2D eigenvalue weighted by Crippen LogP contribution is -2.17. The summed E-state index contributed by atoms with van der Waals surface area (Å²) >= 11 is 0. The average molecular weight is 431 g/mol. The third-order valence-corrected chi connectivity index (χ3v) is 6.68. The molecule has 1 saturated carbocycles. The molecular weight excluding hydrogens is 407 g/mol. The molecule has 7 nitrogen and oxygen atoms in total. The van der Waals surface area contributed by atoms with E-state index in [1.54, 1.807) is 13.0 Å². The number of pyridine rings is 1. The molecule has 1 aliphatic carbocycles. The van der Waals surface area contributed by atoms with E-state index in [1.165, 1.54) is 18.2 Å². The van der Waals surface area contributed by atoms with Crippen molar-refractivity contribution in [3.05, 3.63) is 47.4 Å². The SMILES string of the molecule is Cc1cc2c(cc1F)c(C(N)=O)c(-c1ccc(S(N)(=O)=O)cn1)n2C1CCCCC1. The minimum absolute atomic E-state index is 0.105. The number of amides is 1. The Balaban J connectivity index is 2.05. The Morgan fingerprint density at radius 2 is 1.90 bits per heavy atom. The van der Waals surface area contributed by atoms with Gasteiger partial charge in [-0.15, -0.1) is 0 Å². The van der Waals surface area contributed by atoms with Crippen LogP contribution in [0, 0.1) is 12.7 Å². The second kappa shape index (κ2) is 7.48. The third kappa shape index (κ3) is 3.48. The first-order valence-electron chi connectivity index (χ1n) is 9.81. The van der Waals surface area contributed by atoms with Crippen LogP contribution in [0.3, 0.4) is 0 Å². The number of benzene rings is 1. The van der Waals surface area contributed by atoms with Crippen molar-refractivity contribution in [2.24, 2.45) is 10.9 Å². The molecule has 158 valence electrons. The standard InChI is InChI=1S/C21H23FN4O3S/c1-12-9-18-15(10-16(12)22)19(21(23)27)20(26(18)13-5-3-2-4-6-13)17-8-7-14(11-25-17)30(24,28)29/h7-11,13H,2-6H2,1H3,(H2,23,27)(H2,24,28,29). The maximum absolute atomic E-state index is 14.4. The number of hydrogen-bond donors (Lipinski definition) is 2. The van der Waals surface area contributed by atoms with Gasteiger partial charge < -0.3 is 10.3 Å². The number of halogens is 1. The molecule has 0 atom stereocenters. The van der Waals surface area contributed by atoms with Crippen LogP contribution in [-0.4, -0.2) is 23.9 Å². The molecule has 4 rings (SSSR count). The first kappa shape index (κ1) is 20.5. The number of hydrogen-bond acceptors (Lipinski definition) is 4. The van der Waals surface area contributed by atoms with Crippen molar-refractivity contribution in [2.75, 3.05) is 0 Å². The summed E-state index contributed by atoms with van der Waals surface area (Å²) in [6, 6.07) is 6.02. The zero-order chi connectivity index (χ0) is 21.6. The maximum atomic E-state index is 14.4. The molecule has 0 saturated heterocycles. The van der Waals surface area contributed by atoms with Gasteiger partial charge in [-0.2, -0.15) is 0 Å². The van der Waals surface area contributed by atoms with E-state index >= 15 is 0 Å². The largest absolute Gasteiger partial charge is 0.366 e. The van der Waals surface area contributed by atoms with Gasteiger partial charge in [0.2, 0.25) is 10.0 Å². The minimum Gasteiger partial charge on any atom is -0.366 e. The summed E-state index contributed by atoms with van der Waals surface area (Å²) < 4.78 is 39.6. The zero-order valence-corrected chi connectivity index (χ0v) is 17.4. The third-order valence-electron chi connectivity index (χ3n) is 5.78. The Hall–Kier alpha value is -2.78. The predicted octanol–water partition coefficient (Wildman–Crippen LogP) is 3.40. The second-order valence-electron chi connectivity index (χ2n) is 7.79. The summed E-state index contributed by atoms with van der Waals surface area (Å²) in [6.07, 6.45) is 6.23. The number of fused-ring (bicyclic) bond motifs is 1. The van der Waals surface area contributed by atoms with Crippen LogP contribution < -0.4 is 10.9 Å². The zero-order valence-electron chi connectivity index (χ0n) is 16.6. The van der Waals surface area contributed by atoms with E-state index in [4.69, 9.17) is 10.9 Å². The monoisotopic (exact) mass is 430 g/mol. The van der Waals surface area contributed by atoms with E-state index in [2.05, 4.69) is 4.98 Å². The van der Waals surface area contributed by atoms with Crippen LogP contribution in [-0.2, 0) is 10.0 Å². The summed E-state index contributed by atoms with van der Waals surface area (Å²) in [6.45, 7) is 1.68. The van der Waals surface area contributed by atoms with Gasteiger partial charge in [0.15, 0.2) is 0 Å². The number of rotatable bonds is 4. The van der Waals surface area contributed by atoms with Crippen LogP contribution in [0.1, 0.15) is 54.1 Å². The fraction of sp³-hybridized carbons (Fsp3) is 0.333. The number of nitrogens with zero attached hydrogens (tertiary/aromatic N) is 2. The van der Waals surface area contributed by atoms with E-state index in [-0.39, 0.29) is 16.5 Å². The molecule has 1 aliphatic rings. The van der Waals surface area contributed by atoms with E-state index in [0.717, 1.165) is 43.8 Å². The van der Waals surface area contributed by atoms with Crippen molar-refractivity contribution < 1.29 is 17.6 Å². The molecule has 0 bridgehead atoms. The van der Waals surface area contributed by atoms with E-state index in [1.807, 2.05) is 4.57 Å². The average Bonchev–Trinajstić information content (AvgIpc) is 3.02. The number of aryl methyl sites for hydroxylation is 1. The first-order valence-corrected chi connectivity index (χ1v) is 11.4. The molecule has 30 heavy (non-hydrogen) atoms. The molecule has 0 radical (unpaired) electrons. The van der Waals surface area contributed by atoms with Crippen molar-refractivity contribution in [1.29, 1.82) is 0 Å². The summed E-state index contributed by atoms with van der Waals surface area (Å²) in [7, 11) is -3.91. The van der Waals surface area contributed by atoms with Crippen LogP contribution in [0.25, 0.3) is 22.3 Å². The Kier molecular flexibility index (Phi) is 5.11. The van der Waals surface area contributed by atoms with Gasteiger partial charge in [0.05, 0.1) is 22.5 Å². The van der Waals surface area contributed by atoms with E-state index in [9.17, 15) is 17.6 Å².